The number of phenolic OH excluding ortho intramolecular Hbond substituents is 1. The van der Waals surface area contributed by atoms with Crippen LogP contribution in [0.3, 0.4) is 0 Å². The Hall–Kier alpha value is -1.84. The number of aldehydes is 1. The van der Waals surface area contributed by atoms with E-state index < -0.39 is 5.97 Å². The number of aromatic hydroxyl groups is 1. The van der Waals surface area contributed by atoms with Crippen molar-refractivity contribution in [2.75, 3.05) is 0 Å². The average molecular weight is 220 g/mol. The summed E-state index contributed by atoms with van der Waals surface area (Å²) in [4.78, 5) is 22.4. The Morgan fingerprint density at radius 3 is 2.75 bits per heavy atom. The molecular formula is C12H12O4. The molecule has 16 heavy (non-hydrogen) atoms. The highest BCUT2D eigenvalue weighted by atomic mass is 16.5. The van der Waals surface area contributed by atoms with E-state index in [1.54, 1.807) is 0 Å². The molecule has 0 amide bonds. The second-order valence-corrected chi connectivity index (χ2v) is 3.77. The van der Waals surface area contributed by atoms with Crippen molar-refractivity contribution in [1.82, 2.24) is 0 Å². The van der Waals surface area contributed by atoms with E-state index in [2.05, 4.69) is 0 Å². The molecule has 1 heterocycles. The second kappa shape index (κ2) is 3.63. The number of carbonyl (C=O) groups excluding carboxylic acids is 2. The molecule has 0 bridgehead atoms. The van der Waals surface area contributed by atoms with Crippen LogP contribution < -0.4 is 0 Å². The molecule has 0 aromatic heterocycles. The topological polar surface area (TPSA) is 63.6 Å². The molecule has 2 rings (SSSR count). The van der Waals surface area contributed by atoms with E-state index in [9.17, 15) is 14.7 Å². The zero-order valence-corrected chi connectivity index (χ0v) is 9.16. The summed E-state index contributed by atoms with van der Waals surface area (Å²) in [5.74, 6) is -0.795. The van der Waals surface area contributed by atoms with Crippen LogP contribution in [0.5, 0.6) is 5.75 Å². The molecule has 84 valence electrons. The number of carbonyl (C=O) groups is 2. The SMILES string of the molecule is CCc1c(C)c2c(c(O)c1C=O)C(=O)OC2. The third-order valence-corrected chi connectivity index (χ3v) is 3.05. The van der Waals surface area contributed by atoms with Gasteiger partial charge in [-0.05, 0) is 24.5 Å². The maximum atomic E-state index is 11.4. The third kappa shape index (κ3) is 1.23. The Labute approximate surface area is 92.8 Å². The minimum absolute atomic E-state index is 0.150. The lowest BCUT2D eigenvalue weighted by Crippen LogP contribution is -2.03. The summed E-state index contributed by atoms with van der Waals surface area (Å²) < 4.78 is 4.87. The Bertz CT molecular complexity index is 485. The van der Waals surface area contributed by atoms with Gasteiger partial charge in [0.05, 0.1) is 5.56 Å². The van der Waals surface area contributed by atoms with Crippen molar-refractivity contribution >= 4 is 12.3 Å². The van der Waals surface area contributed by atoms with Gasteiger partial charge in [-0.1, -0.05) is 6.92 Å². The maximum Gasteiger partial charge on any atom is 0.342 e. The van der Waals surface area contributed by atoms with Crippen LogP contribution in [0.4, 0.5) is 0 Å². The number of hydrogen-bond acceptors (Lipinski definition) is 4. The van der Waals surface area contributed by atoms with Gasteiger partial charge in [-0.3, -0.25) is 4.79 Å². The van der Waals surface area contributed by atoms with Crippen molar-refractivity contribution in [2.45, 2.75) is 26.9 Å². The normalized spacial score (nSPS) is 13.5. The summed E-state index contributed by atoms with van der Waals surface area (Å²) in [5, 5.41) is 9.88. The van der Waals surface area contributed by atoms with Gasteiger partial charge < -0.3 is 9.84 Å². The monoisotopic (exact) mass is 220 g/mol. The summed E-state index contributed by atoms with van der Waals surface area (Å²) in [6.07, 6.45) is 1.22. The standard InChI is InChI=1S/C12H12O4/c1-3-7-6(2)9-5-16-12(15)10(9)11(14)8(7)4-13/h4,14H,3,5H2,1-2H3. The summed E-state index contributed by atoms with van der Waals surface area (Å²) >= 11 is 0. The third-order valence-electron chi connectivity index (χ3n) is 3.05. The lowest BCUT2D eigenvalue weighted by atomic mass is 9.91. The van der Waals surface area contributed by atoms with Gasteiger partial charge in [-0.2, -0.15) is 0 Å². The number of rotatable bonds is 2. The highest BCUT2D eigenvalue weighted by molar-refractivity contribution is 6.00. The first-order valence-electron chi connectivity index (χ1n) is 5.11. The molecular weight excluding hydrogens is 208 g/mol. The highest BCUT2D eigenvalue weighted by Gasteiger charge is 2.30. The molecule has 0 aliphatic carbocycles. The molecule has 1 aromatic carbocycles. The van der Waals surface area contributed by atoms with E-state index >= 15 is 0 Å². The molecule has 0 radical (unpaired) electrons. The number of cyclic esters (lactones) is 1. The highest BCUT2D eigenvalue weighted by Crippen LogP contribution is 2.36. The van der Waals surface area contributed by atoms with E-state index in [-0.39, 0.29) is 23.5 Å². The Morgan fingerprint density at radius 1 is 1.50 bits per heavy atom. The molecule has 4 heteroatoms. The van der Waals surface area contributed by atoms with Crippen molar-refractivity contribution in [3.63, 3.8) is 0 Å². The van der Waals surface area contributed by atoms with Crippen molar-refractivity contribution in [3.8, 4) is 5.75 Å². The molecule has 1 aliphatic heterocycles. The molecule has 0 saturated carbocycles. The first-order valence-corrected chi connectivity index (χ1v) is 5.11. The molecule has 0 unspecified atom stereocenters. The molecule has 1 aliphatic rings. The van der Waals surface area contributed by atoms with Gasteiger partial charge in [0.15, 0.2) is 6.29 Å². The zero-order valence-electron chi connectivity index (χ0n) is 9.16. The molecule has 4 nitrogen and oxygen atoms in total. The van der Waals surface area contributed by atoms with Crippen LogP contribution in [0.25, 0.3) is 0 Å². The molecule has 0 fully saturated rings. The molecule has 0 spiro atoms. The van der Waals surface area contributed by atoms with E-state index in [4.69, 9.17) is 4.74 Å². The predicted octanol–water partition coefficient (Wildman–Crippen LogP) is 1.75. The van der Waals surface area contributed by atoms with Crippen LogP contribution in [-0.2, 0) is 17.8 Å². The largest absolute Gasteiger partial charge is 0.506 e. The van der Waals surface area contributed by atoms with Crippen LogP contribution in [0.15, 0.2) is 0 Å². The van der Waals surface area contributed by atoms with Gasteiger partial charge >= 0.3 is 5.97 Å². The first kappa shape index (κ1) is 10.7. The van der Waals surface area contributed by atoms with E-state index in [0.717, 1.165) is 11.1 Å². The fourth-order valence-corrected chi connectivity index (χ4v) is 2.18. The van der Waals surface area contributed by atoms with Crippen LogP contribution >= 0.6 is 0 Å². The van der Waals surface area contributed by atoms with Gasteiger partial charge in [-0.15, -0.1) is 0 Å². The zero-order chi connectivity index (χ0) is 11.9. The summed E-state index contributed by atoms with van der Waals surface area (Å²) in [6.45, 7) is 3.92. The van der Waals surface area contributed by atoms with Crippen LogP contribution in [0.2, 0.25) is 0 Å². The van der Waals surface area contributed by atoms with Crippen molar-refractivity contribution in [1.29, 1.82) is 0 Å². The van der Waals surface area contributed by atoms with Gasteiger partial charge in [0.1, 0.15) is 17.9 Å². The van der Waals surface area contributed by atoms with Crippen molar-refractivity contribution in [3.05, 3.63) is 27.8 Å². The number of ether oxygens (including phenoxy) is 1. The Morgan fingerprint density at radius 2 is 2.19 bits per heavy atom. The van der Waals surface area contributed by atoms with E-state index in [0.29, 0.717) is 18.3 Å². The Balaban J connectivity index is 2.84. The van der Waals surface area contributed by atoms with Crippen LogP contribution in [0.1, 0.15) is 44.3 Å². The maximum absolute atomic E-state index is 11.4. The minimum Gasteiger partial charge on any atom is -0.506 e. The number of phenols is 1. The van der Waals surface area contributed by atoms with Gasteiger partial charge in [0, 0.05) is 5.56 Å². The Kier molecular flexibility index (Phi) is 2.42. The lowest BCUT2D eigenvalue weighted by Gasteiger charge is -2.12. The average Bonchev–Trinajstić information content (AvgIpc) is 2.65. The van der Waals surface area contributed by atoms with Gasteiger partial charge in [0.2, 0.25) is 0 Å². The summed E-state index contributed by atoms with van der Waals surface area (Å²) in [6, 6.07) is 0. The lowest BCUT2D eigenvalue weighted by molar-refractivity contribution is 0.0533. The summed E-state index contributed by atoms with van der Waals surface area (Å²) in [7, 11) is 0. The number of hydrogen-bond donors (Lipinski definition) is 1. The molecule has 1 aromatic rings. The van der Waals surface area contributed by atoms with Gasteiger partial charge in [-0.25, -0.2) is 4.79 Å². The molecule has 1 N–H and O–H groups in total. The van der Waals surface area contributed by atoms with Crippen molar-refractivity contribution < 1.29 is 19.4 Å². The van der Waals surface area contributed by atoms with Crippen LogP contribution in [0, 0.1) is 6.92 Å². The number of fused-ring (bicyclic) bond motifs is 1. The van der Waals surface area contributed by atoms with Crippen LogP contribution in [-0.4, -0.2) is 17.4 Å². The number of benzene rings is 1. The second-order valence-electron chi connectivity index (χ2n) is 3.77. The molecule has 0 saturated heterocycles. The van der Waals surface area contributed by atoms with E-state index in [1.165, 1.54) is 0 Å². The summed E-state index contributed by atoms with van der Waals surface area (Å²) in [5.41, 5.74) is 2.70. The predicted molar refractivity (Wildman–Crippen MR) is 56.7 cm³/mol. The fourth-order valence-electron chi connectivity index (χ4n) is 2.18. The fraction of sp³-hybridized carbons (Fsp3) is 0.333. The first-order chi connectivity index (χ1) is 7.61. The quantitative estimate of drug-likeness (QED) is 0.609. The number of esters is 1. The van der Waals surface area contributed by atoms with E-state index in [1.807, 2.05) is 13.8 Å². The smallest absolute Gasteiger partial charge is 0.342 e. The minimum atomic E-state index is -0.554. The van der Waals surface area contributed by atoms with Crippen molar-refractivity contribution in [2.24, 2.45) is 0 Å². The molecule has 0 atom stereocenters. The van der Waals surface area contributed by atoms with Gasteiger partial charge in [0.25, 0.3) is 0 Å².